The Morgan fingerprint density at radius 2 is 2.31 bits per heavy atom. The van der Waals surface area contributed by atoms with Crippen molar-refractivity contribution in [1.29, 1.82) is 5.26 Å². The molecule has 1 aromatic carbocycles. The van der Waals surface area contributed by atoms with Crippen LogP contribution in [-0.2, 0) is 4.79 Å². The predicted octanol–water partition coefficient (Wildman–Crippen LogP) is 2.14. The molecule has 84 valence electrons. The Morgan fingerprint density at radius 1 is 1.62 bits per heavy atom. The molecule has 0 heterocycles. The zero-order valence-electron chi connectivity index (χ0n) is 9.32. The molecule has 1 unspecified atom stereocenters. The summed E-state index contributed by atoms with van der Waals surface area (Å²) < 4.78 is 0. The van der Waals surface area contributed by atoms with Gasteiger partial charge in [-0.3, -0.25) is 4.79 Å². The lowest BCUT2D eigenvalue weighted by Crippen LogP contribution is -2.19. The number of nitrogens with one attached hydrogen (secondary N) is 1. The number of nitrogens with zero attached hydrogens (tertiary/aromatic N) is 1. The summed E-state index contributed by atoms with van der Waals surface area (Å²) >= 11 is 0. The molecule has 0 radical (unpaired) electrons. The number of benzene rings is 1. The first kappa shape index (κ1) is 12.1. The van der Waals surface area contributed by atoms with E-state index in [4.69, 9.17) is 10.4 Å². The summed E-state index contributed by atoms with van der Waals surface area (Å²) in [5.41, 5.74) is 2.25. The van der Waals surface area contributed by atoms with Crippen LogP contribution < -0.4 is 5.32 Å². The van der Waals surface area contributed by atoms with Gasteiger partial charge in [-0.1, -0.05) is 6.07 Å². The van der Waals surface area contributed by atoms with E-state index < -0.39 is 5.97 Å². The van der Waals surface area contributed by atoms with Gasteiger partial charge in [-0.25, -0.2) is 0 Å². The van der Waals surface area contributed by atoms with Gasteiger partial charge in [-0.15, -0.1) is 0 Å². The minimum absolute atomic E-state index is 0.0266. The van der Waals surface area contributed by atoms with Crippen LogP contribution in [0.25, 0.3) is 0 Å². The van der Waals surface area contributed by atoms with Crippen molar-refractivity contribution < 1.29 is 9.90 Å². The van der Waals surface area contributed by atoms with Crippen LogP contribution >= 0.6 is 0 Å². The second-order valence-electron chi connectivity index (χ2n) is 3.80. The first-order chi connectivity index (χ1) is 7.52. The van der Waals surface area contributed by atoms with E-state index in [1.54, 1.807) is 13.0 Å². The molecular formula is C12H14N2O2. The number of rotatable bonds is 4. The molecule has 0 saturated carbocycles. The van der Waals surface area contributed by atoms with Crippen molar-refractivity contribution in [2.75, 3.05) is 5.32 Å². The highest BCUT2D eigenvalue weighted by Crippen LogP contribution is 2.18. The Labute approximate surface area is 94.5 Å². The number of carboxylic acids is 1. The average Bonchev–Trinajstić information content (AvgIpc) is 2.16. The molecule has 0 saturated heterocycles. The van der Waals surface area contributed by atoms with Crippen LogP contribution in [0.15, 0.2) is 18.2 Å². The van der Waals surface area contributed by atoms with Crippen LogP contribution in [0.5, 0.6) is 0 Å². The molecule has 4 nitrogen and oxygen atoms in total. The van der Waals surface area contributed by atoms with E-state index in [0.29, 0.717) is 11.3 Å². The monoisotopic (exact) mass is 218 g/mol. The van der Waals surface area contributed by atoms with Gasteiger partial charge in [0, 0.05) is 6.04 Å². The topological polar surface area (TPSA) is 73.1 Å². The Balaban J connectivity index is 2.84. The standard InChI is InChI=1S/C12H14N2O2/c1-8-3-4-10(7-13)11(5-8)14-9(2)6-12(15)16/h3-5,9,14H,6H2,1-2H3,(H,15,16). The fraction of sp³-hybridized carbons (Fsp3) is 0.333. The van der Waals surface area contributed by atoms with Crippen molar-refractivity contribution in [3.05, 3.63) is 29.3 Å². The predicted molar refractivity (Wildman–Crippen MR) is 61.2 cm³/mol. The second kappa shape index (κ2) is 5.17. The SMILES string of the molecule is Cc1ccc(C#N)c(NC(C)CC(=O)O)c1. The molecule has 0 fully saturated rings. The molecule has 0 bridgehead atoms. The lowest BCUT2D eigenvalue weighted by molar-refractivity contribution is -0.137. The molecule has 0 aromatic heterocycles. The zero-order chi connectivity index (χ0) is 12.1. The van der Waals surface area contributed by atoms with E-state index >= 15 is 0 Å². The molecule has 0 aliphatic heterocycles. The van der Waals surface area contributed by atoms with Gasteiger partial charge in [-0.05, 0) is 31.5 Å². The van der Waals surface area contributed by atoms with Gasteiger partial charge in [0.05, 0.1) is 17.7 Å². The summed E-state index contributed by atoms with van der Waals surface area (Å²) in [5, 5.41) is 20.6. The minimum Gasteiger partial charge on any atom is -0.481 e. The van der Waals surface area contributed by atoms with Crippen molar-refractivity contribution in [2.45, 2.75) is 26.3 Å². The van der Waals surface area contributed by atoms with Crippen molar-refractivity contribution in [3.63, 3.8) is 0 Å². The molecule has 2 N–H and O–H groups in total. The molecule has 4 heteroatoms. The largest absolute Gasteiger partial charge is 0.481 e. The van der Waals surface area contributed by atoms with E-state index in [1.807, 2.05) is 19.1 Å². The smallest absolute Gasteiger partial charge is 0.305 e. The first-order valence-electron chi connectivity index (χ1n) is 5.02. The Morgan fingerprint density at radius 3 is 2.88 bits per heavy atom. The zero-order valence-corrected chi connectivity index (χ0v) is 9.32. The highest BCUT2D eigenvalue weighted by atomic mass is 16.4. The van der Waals surface area contributed by atoms with Gasteiger partial charge in [-0.2, -0.15) is 5.26 Å². The van der Waals surface area contributed by atoms with Crippen LogP contribution in [0.2, 0.25) is 0 Å². The van der Waals surface area contributed by atoms with E-state index in [9.17, 15) is 4.79 Å². The maximum absolute atomic E-state index is 10.5. The number of aliphatic carboxylic acids is 1. The number of hydrogen-bond acceptors (Lipinski definition) is 3. The number of nitriles is 1. The van der Waals surface area contributed by atoms with Crippen molar-refractivity contribution >= 4 is 11.7 Å². The first-order valence-corrected chi connectivity index (χ1v) is 5.02. The second-order valence-corrected chi connectivity index (χ2v) is 3.80. The molecular weight excluding hydrogens is 204 g/mol. The Hall–Kier alpha value is -2.02. The van der Waals surface area contributed by atoms with Gasteiger partial charge in [0.15, 0.2) is 0 Å². The Bertz CT molecular complexity index is 435. The molecule has 16 heavy (non-hydrogen) atoms. The lowest BCUT2D eigenvalue weighted by Gasteiger charge is -2.14. The third-order valence-corrected chi connectivity index (χ3v) is 2.18. The molecule has 0 spiro atoms. The van der Waals surface area contributed by atoms with Gasteiger partial charge < -0.3 is 10.4 Å². The quantitative estimate of drug-likeness (QED) is 0.812. The number of carboxylic acid groups (broad SMARTS) is 1. The number of aryl methyl sites for hydroxylation is 1. The minimum atomic E-state index is -0.855. The van der Waals surface area contributed by atoms with E-state index in [1.165, 1.54) is 0 Å². The fourth-order valence-electron chi connectivity index (χ4n) is 1.45. The lowest BCUT2D eigenvalue weighted by atomic mass is 10.1. The molecule has 1 rings (SSSR count). The van der Waals surface area contributed by atoms with Crippen LogP contribution in [-0.4, -0.2) is 17.1 Å². The number of anilines is 1. The summed E-state index contributed by atoms with van der Waals surface area (Å²) in [6.45, 7) is 3.70. The summed E-state index contributed by atoms with van der Waals surface area (Å²) in [6, 6.07) is 7.29. The van der Waals surface area contributed by atoms with Crippen LogP contribution in [0.4, 0.5) is 5.69 Å². The molecule has 1 atom stereocenters. The van der Waals surface area contributed by atoms with Crippen LogP contribution in [0, 0.1) is 18.3 Å². The average molecular weight is 218 g/mol. The number of carbonyl (C=O) groups is 1. The maximum atomic E-state index is 10.5. The Kier molecular flexibility index (Phi) is 3.90. The van der Waals surface area contributed by atoms with Crippen LogP contribution in [0.1, 0.15) is 24.5 Å². The van der Waals surface area contributed by atoms with Gasteiger partial charge in [0.1, 0.15) is 6.07 Å². The highest BCUT2D eigenvalue weighted by molar-refractivity contribution is 5.69. The molecule has 0 aliphatic carbocycles. The highest BCUT2D eigenvalue weighted by Gasteiger charge is 2.09. The normalized spacial score (nSPS) is 11.6. The molecule has 1 aromatic rings. The summed E-state index contributed by atoms with van der Waals surface area (Å²) in [5.74, 6) is -0.855. The van der Waals surface area contributed by atoms with E-state index in [2.05, 4.69) is 11.4 Å². The van der Waals surface area contributed by atoms with Gasteiger partial charge >= 0.3 is 5.97 Å². The molecule has 0 aliphatic rings. The summed E-state index contributed by atoms with van der Waals surface area (Å²) in [6.07, 6.45) is 0.0266. The van der Waals surface area contributed by atoms with Crippen molar-refractivity contribution in [2.24, 2.45) is 0 Å². The van der Waals surface area contributed by atoms with Gasteiger partial charge in [0.25, 0.3) is 0 Å². The van der Waals surface area contributed by atoms with Gasteiger partial charge in [0.2, 0.25) is 0 Å². The van der Waals surface area contributed by atoms with Crippen molar-refractivity contribution in [3.8, 4) is 6.07 Å². The van der Waals surface area contributed by atoms with E-state index in [0.717, 1.165) is 5.56 Å². The van der Waals surface area contributed by atoms with E-state index in [-0.39, 0.29) is 12.5 Å². The van der Waals surface area contributed by atoms with Crippen LogP contribution in [0.3, 0.4) is 0 Å². The maximum Gasteiger partial charge on any atom is 0.305 e. The third kappa shape index (κ3) is 3.28. The summed E-state index contributed by atoms with van der Waals surface area (Å²) in [4.78, 5) is 10.5. The third-order valence-electron chi connectivity index (χ3n) is 2.18. The van der Waals surface area contributed by atoms with Crippen molar-refractivity contribution in [1.82, 2.24) is 0 Å². The summed E-state index contributed by atoms with van der Waals surface area (Å²) in [7, 11) is 0. The number of hydrogen-bond donors (Lipinski definition) is 2. The fourth-order valence-corrected chi connectivity index (χ4v) is 1.45. The molecule has 0 amide bonds.